The second kappa shape index (κ2) is 6.00. The number of hydrogen-bond acceptors (Lipinski definition) is 2. The molecular formula is C15H13BrCl2N2. The maximum absolute atomic E-state index is 6.36. The zero-order valence-corrected chi connectivity index (χ0v) is 13.9. The molecule has 20 heavy (non-hydrogen) atoms. The van der Waals surface area contributed by atoms with Gasteiger partial charge in [0.2, 0.25) is 0 Å². The smallest absolute Gasteiger partial charge is 0.162 e. The summed E-state index contributed by atoms with van der Waals surface area (Å²) in [6.45, 7) is 0. The maximum atomic E-state index is 6.36. The molecule has 1 aromatic carbocycles. The molecule has 0 aliphatic heterocycles. The maximum Gasteiger partial charge on any atom is 0.162 e. The van der Waals surface area contributed by atoms with Gasteiger partial charge in [-0.1, -0.05) is 45.6 Å². The Hall–Kier alpha value is -0.640. The molecule has 0 amide bonds. The van der Waals surface area contributed by atoms with Crippen molar-refractivity contribution in [2.24, 2.45) is 0 Å². The van der Waals surface area contributed by atoms with E-state index in [0.717, 1.165) is 47.0 Å². The average Bonchev–Trinajstić information content (AvgIpc) is 2.67. The fourth-order valence-electron chi connectivity index (χ4n) is 2.51. The molecule has 0 atom stereocenters. The largest absolute Gasteiger partial charge is 0.233 e. The van der Waals surface area contributed by atoms with Crippen molar-refractivity contribution in [3.05, 3.63) is 44.1 Å². The van der Waals surface area contributed by atoms with Gasteiger partial charge in [-0.2, -0.15) is 0 Å². The monoisotopic (exact) mass is 370 g/mol. The number of fused-ring (bicyclic) bond motifs is 1. The first-order valence-electron chi connectivity index (χ1n) is 6.66. The van der Waals surface area contributed by atoms with Crippen LogP contribution in [0, 0.1) is 0 Å². The predicted molar refractivity (Wildman–Crippen MR) is 86.4 cm³/mol. The van der Waals surface area contributed by atoms with Crippen LogP contribution in [-0.4, -0.2) is 9.97 Å². The Morgan fingerprint density at radius 2 is 1.80 bits per heavy atom. The molecule has 0 saturated heterocycles. The number of benzene rings is 1. The molecule has 3 rings (SSSR count). The molecule has 5 heteroatoms. The van der Waals surface area contributed by atoms with E-state index in [0.29, 0.717) is 16.0 Å². The van der Waals surface area contributed by atoms with Crippen molar-refractivity contribution in [1.82, 2.24) is 9.97 Å². The standard InChI is InChI=1S/C15H13BrCl2N2/c16-9-6-7-12(17)11(8-9)15-19-13-5-3-1-2-4-10(13)14(18)20-15/h6-8H,1-5H2. The lowest BCUT2D eigenvalue weighted by atomic mass is 10.1. The quantitative estimate of drug-likeness (QED) is 0.489. The van der Waals surface area contributed by atoms with E-state index in [-0.39, 0.29) is 0 Å². The highest BCUT2D eigenvalue weighted by atomic mass is 79.9. The second-order valence-corrected chi connectivity index (χ2v) is 6.63. The van der Waals surface area contributed by atoms with Crippen molar-refractivity contribution in [3.8, 4) is 11.4 Å². The predicted octanol–water partition coefficient (Wildman–Crippen LogP) is 5.48. The van der Waals surface area contributed by atoms with E-state index in [1.807, 2.05) is 18.2 Å². The van der Waals surface area contributed by atoms with E-state index in [2.05, 4.69) is 20.9 Å². The van der Waals surface area contributed by atoms with Crippen molar-refractivity contribution < 1.29 is 0 Å². The molecule has 0 unspecified atom stereocenters. The van der Waals surface area contributed by atoms with Gasteiger partial charge < -0.3 is 0 Å². The minimum absolute atomic E-state index is 0.572. The summed E-state index contributed by atoms with van der Waals surface area (Å²) >= 11 is 16.1. The van der Waals surface area contributed by atoms with Gasteiger partial charge in [-0.05, 0) is 43.9 Å². The SMILES string of the molecule is Clc1ccc(Br)cc1-c1nc(Cl)c2c(n1)CCCCC2. The van der Waals surface area contributed by atoms with E-state index in [1.165, 1.54) is 6.42 Å². The van der Waals surface area contributed by atoms with Gasteiger partial charge in [0, 0.05) is 21.3 Å². The van der Waals surface area contributed by atoms with E-state index in [9.17, 15) is 0 Å². The lowest BCUT2D eigenvalue weighted by Gasteiger charge is -2.10. The lowest BCUT2D eigenvalue weighted by molar-refractivity contribution is 0.709. The molecular weight excluding hydrogens is 359 g/mol. The van der Waals surface area contributed by atoms with Crippen LogP contribution in [-0.2, 0) is 12.8 Å². The number of halogens is 3. The summed E-state index contributed by atoms with van der Waals surface area (Å²) in [5.74, 6) is 0.613. The Kier molecular flexibility index (Phi) is 4.29. The summed E-state index contributed by atoms with van der Waals surface area (Å²) < 4.78 is 0.951. The summed E-state index contributed by atoms with van der Waals surface area (Å²) in [7, 11) is 0. The van der Waals surface area contributed by atoms with Crippen LogP contribution in [0.3, 0.4) is 0 Å². The molecule has 1 aromatic heterocycles. The molecule has 1 aliphatic carbocycles. The van der Waals surface area contributed by atoms with E-state index in [4.69, 9.17) is 28.2 Å². The van der Waals surface area contributed by atoms with Gasteiger partial charge >= 0.3 is 0 Å². The molecule has 0 saturated carbocycles. The third-order valence-electron chi connectivity index (χ3n) is 3.55. The van der Waals surface area contributed by atoms with E-state index < -0.39 is 0 Å². The van der Waals surface area contributed by atoms with Crippen LogP contribution < -0.4 is 0 Å². The summed E-state index contributed by atoms with van der Waals surface area (Å²) in [6.07, 6.45) is 5.48. The summed E-state index contributed by atoms with van der Waals surface area (Å²) in [5.41, 5.74) is 3.00. The van der Waals surface area contributed by atoms with Crippen LogP contribution in [0.15, 0.2) is 22.7 Å². The topological polar surface area (TPSA) is 25.8 Å². The van der Waals surface area contributed by atoms with Crippen molar-refractivity contribution in [2.45, 2.75) is 32.1 Å². The van der Waals surface area contributed by atoms with Gasteiger partial charge in [-0.15, -0.1) is 0 Å². The van der Waals surface area contributed by atoms with Crippen LogP contribution in [0.25, 0.3) is 11.4 Å². The van der Waals surface area contributed by atoms with Crippen LogP contribution in [0.1, 0.15) is 30.5 Å². The summed E-state index contributed by atoms with van der Waals surface area (Å²) in [5, 5.41) is 1.21. The molecule has 0 N–H and O–H groups in total. The van der Waals surface area contributed by atoms with E-state index in [1.54, 1.807) is 0 Å². The highest BCUT2D eigenvalue weighted by Crippen LogP contribution is 2.32. The lowest BCUT2D eigenvalue weighted by Crippen LogP contribution is -2.02. The van der Waals surface area contributed by atoms with Crippen LogP contribution in [0.5, 0.6) is 0 Å². The normalized spacial score (nSPS) is 14.8. The van der Waals surface area contributed by atoms with Crippen LogP contribution >= 0.6 is 39.1 Å². The van der Waals surface area contributed by atoms with Crippen LogP contribution in [0.2, 0.25) is 10.2 Å². The van der Waals surface area contributed by atoms with Gasteiger partial charge in [-0.3, -0.25) is 0 Å². The fourth-order valence-corrected chi connectivity index (χ4v) is 3.36. The number of aryl methyl sites for hydroxylation is 1. The molecule has 1 heterocycles. The molecule has 2 nitrogen and oxygen atoms in total. The van der Waals surface area contributed by atoms with Gasteiger partial charge in [0.15, 0.2) is 5.82 Å². The number of rotatable bonds is 1. The van der Waals surface area contributed by atoms with Crippen molar-refractivity contribution in [1.29, 1.82) is 0 Å². The molecule has 1 aliphatic rings. The molecule has 0 spiro atoms. The summed E-state index contributed by atoms with van der Waals surface area (Å²) in [4.78, 5) is 9.15. The molecule has 104 valence electrons. The molecule has 0 bridgehead atoms. The Labute approximate surface area is 136 Å². The molecule has 0 fully saturated rings. The van der Waals surface area contributed by atoms with Crippen molar-refractivity contribution in [3.63, 3.8) is 0 Å². The minimum Gasteiger partial charge on any atom is -0.233 e. The van der Waals surface area contributed by atoms with Gasteiger partial charge in [0.1, 0.15) is 5.15 Å². The van der Waals surface area contributed by atoms with Gasteiger partial charge in [-0.25, -0.2) is 9.97 Å². The Bertz CT molecular complexity index is 659. The second-order valence-electron chi connectivity index (χ2n) is 4.95. The Morgan fingerprint density at radius 1 is 1.00 bits per heavy atom. The van der Waals surface area contributed by atoms with Gasteiger partial charge in [0.25, 0.3) is 0 Å². The highest BCUT2D eigenvalue weighted by molar-refractivity contribution is 9.10. The first kappa shape index (κ1) is 14.3. The fraction of sp³-hybridized carbons (Fsp3) is 0.333. The number of nitrogens with zero attached hydrogens (tertiary/aromatic N) is 2. The Balaban J connectivity index is 2.13. The first-order chi connectivity index (χ1) is 9.65. The summed E-state index contributed by atoms with van der Waals surface area (Å²) in [6, 6.07) is 5.66. The van der Waals surface area contributed by atoms with Crippen LogP contribution in [0.4, 0.5) is 0 Å². The van der Waals surface area contributed by atoms with Gasteiger partial charge in [0.05, 0.1) is 5.02 Å². The molecule has 2 aromatic rings. The Morgan fingerprint density at radius 3 is 2.65 bits per heavy atom. The van der Waals surface area contributed by atoms with Crippen molar-refractivity contribution in [2.75, 3.05) is 0 Å². The number of aromatic nitrogens is 2. The first-order valence-corrected chi connectivity index (χ1v) is 8.21. The van der Waals surface area contributed by atoms with Crippen molar-refractivity contribution >= 4 is 39.1 Å². The average molecular weight is 372 g/mol. The molecule has 0 radical (unpaired) electrons. The van der Waals surface area contributed by atoms with E-state index >= 15 is 0 Å². The number of hydrogen-bond donors (Lipinski definition) is 0. The zero-order valence-electron chi connectivity index (χ0n) is 10.8. The third-order valence-corrected chi connectivity index (χ3v) is 4.69. The zero-order chi connectivity index (χ0) is 14.1. The third kappa shape index (κ3) is 2.85. The highest BCUT2D eigenvalue weighted by Gasteiger charge is 2.17. The minimum atomic E-state index is 0.572.